The third-order valence-electron chi connectivity index (χ3n) is 2.07. The molecule has 2 aromatic rings. The minimum absolute atomic E-state index is 0.0822. The number of carboxylic acid groups (broad SMARTS) is 1. The topological polar surface area (TPSA) is 80.6 Å². The van der Waals surface area contributed by atoms with E-state index in [1.165, 1.54) is 4.40 Å². The van der Waals surface area contributed by atoms with E-state index in [2.05, 4.69) is 4.98 Å². The van der Waals surface area contributed by atoms with Crippen LogP contribution in [0.4, 0.5) is 10.2 Å². The molecular weight excluding hydrogens is 237 g/mol. The SMILES string of the molecule is Nc1c(CC(=O)O)nc2c(Cl)cc(F)cn12. The second kappa shape index (κ2) is 3.64. The molecular formula is C9H7ClFN3O2. The number of carboxylic acids is 1. The normalized spacial score (nSPS) is 10.9. The van der Waals surface area contributed by atoms with Crippen LogP contribution in [0.2, 0.25) is 5.02 Å². The number of imidazole rings is 1. The Balaban J connectivity index is 2.67. The number of aliphatic carboxylic acids is 1. The van der Waals surface area contributed by atoms with E-state index < -0.39 is 11.8 Å². The van der Waals surface area contributed by atoms with Gasteiger partial charge < -0.3 is 10.8 Å². The molecule has 2 heterocycles. The zero-order valence-corrected chi connectivity index (χ0v) is 8.70. The van der Waals surface area contributed by atoms with Crippen molar-refractivity contribution in [3.05, 3.63) is 28.8 Å². The van der Waals surface area contributed by atoms with Crippen molar-refractivity contribution in [2.45, 2.75) is 6.42 Å². The molecule has 0 saturated heterocycles. The van der Waals surface area contributed by atoms with Crippen LogP contribution in [0.25, 0.3) is 5.65 Å². The molecule has 0 fully saturated rings. The molecule has 84 valence electrons. The summed E-state index contributed by atoms with van der Waals surface area (Å²) in [6.45, 7) is 0. The molecule has 2 rings (SSSR count). The first kappa shape index (κ1) is 10.7. The molecule has 0 saturated carbocycles. The molecule has 0 unspecified atom stereocenters. The van der Waals surface area contributed by atoms with E-state index in [9.17, 15) is 9.18 Å². The molecule has 0 bridgehead atoms. The van der Waals surface area contributed by atoms with Crippen LogP contribution in [0.5, 0.6) is 0 Å². The Morgan fingerprint density at radius 1 is 1.69 bits per heavy atom. The molecule has 5 nitrogen and oxygen atoms in total. The maximum absolute atomic E-state index is 13.0. The lowest BCUT2D eigenvalue weighted by atomic mass is 10.3. The molecule has 0 spiro atoms. The standard InChI is InChI=1S/C9H7ClFN3O2/c10-5-1-4(11)3-14-8(12)6(2-7(15)16)13-9(5)14/h1,3H,2,12H2,(H,15,16). The molecule has 0 aliphatic carbocycles. The highest BCUT2D eigenvalue weighted by atomic mass is 35.5. The summed E-state index contributed by atoms with van der Waals surface area (Å²) in [5.41, 5.74) is 6.05. The molecule has 0 atom stereocenters. The molecule has 2 aromatic heterocycles. The fourth-order valence-corrected chi connectivity index (χ4v) is 1.65. The average molecular weight is 244 g/mol. The highest BCUT2D eigenvalue weighted by Crippen LogP contribution is 2.23. The Morgan fingerprint density at radius 3 is 3.00 bits per heavy atom. The van der Waals surface area contributed by atoms with Gasteiger partial charge in [0.2, 0.25) is 0 Å². The molecule has 3 N–H and O–H groups in total. The lowest BCUT2D eigenvalue weighted by molar-refractivity contribution is -0.136. The van der Waals surface area contributed by atoms with Gasteiger partial charge in [0.05, 0.1) is 17.1 Å². The van der Waals surface area contributed by atoms with Crippen LogP contribution in [0.1, 0.15) is 5.69 Å². The Labute approximate surface area is 94.3 Å². The highest BCUT2D eigenvalue weighted by Gasteiger charge is 2.15. The van der Waals surface area contributed by atoms with Crippen LogP contribution < -0.4 is 5.73 Å². The molecule has 0 aromatic carbocycles. The van der Waals surface area contributed by atoms with Gasteiger partial charge in [-0.05, 0) is 6.07 Å². The van der Waals surface area contributed by atoms with Crippen LogP contribution in [-0.2, 0) is 11.2 Å². The number of anilines is 1. The number of halogens is 2. The second-order valence-corrected chi connectivity index (χ2v) is 3.62. The Bertz CT molecular complexity index is 582. The monoisotopic (exact) mass is 243 g/mol. The van der Waals surface area contributed by atoms with Crippen molar-refractivity contribution < 1.29 is 14.3 Å². The summed E-state index contributed by atoms with van der Waals surface area (Å²) >= 11 is 5.76. The van der Waals surface area contributed by atoms with E-state index in [1.54, 1.807) is 0 Å². The van der Waals surface area contributed by atoms with E-state index in [1.807, 2.05) is 0 Å². The van der Waals surface area contributed by atoms with Gasteiger partial charge in [0.1, 0.15) is 11.6 Å². The van der Waals surface area contributed by atoms with Crippen molar-refractivity contribution in [1.82, 2.24) is 9.38 Å². The van der Waals surface area contributed by atoms with Crippen LogP contribution in [-0.4, -0.2) is 20.5 Å². The van der Waals surface area contributed by atoms with Gasteiger partial charge in [-0.3, -0.25) is 9.20 Å². The van der Waals surface area contributed by atoms with Crippen LogP contribution in [0, 0.1) is 5.82 Å². The Hall–Kier alpha value is -1.82. The largest absolute Gasteiger partial charge is 0.481 e. The summed E-state index contributed by atoms with van der Waals surface area (Å²) in [5.74, 6) is -1.55. The third-order valence-corrected chi connectivity index (χ3v) is 2.35. The second-order valence-electron chi connectivity index (χ2n) is 3.21. The minimum atomic E-state index is -1.06. The number of carbonyl (C=O) groups is 1. The first-order valence-corrected chi connectivity index (χ1v) is 4.70. The lowest BCUT2D eigenvalue weighted by Gasteiger charge is -1.98. The van der Waals surface area contributed by atoms with Crippen molar-refractivity contribution in [1.29, 1.82) is 0 Å². The summed E-state index contributed by atoms with van der Waals surface area (Å²) in [5, 5.41) is 8.71. The van der Waals surface area contributed by atoms with Crippen molar-refractivity contribution in [2.75, 3.05) is 5.73 Å². The van der Waals surface area contributed by atoms with Gasteiger partial charge in [0, 0.05) is 6.20 Å². The van der Waals surface area contributed by atoms with Gasteiger partial charge in [0.15, 0.2) is 5.65 Å². The van der Waals surface area contributed by atoms with Gasteiger partial charge in [0.25, 0.3) is 0 Å². The number of nitrogen functional groups attached to an aromatic ring is 1. The fourth-order valence-electron chi connectivity index (χ4n) is 1.41. The van der Waals surface area contributed by atoms with E-state index in [0.29, 0.717) is 0 Å². The summed E-state index contributed by atoms with van der Waals surface area (Å²) in [7, 11) is 0. The number of pyridine rings is 1. The van der Waals surface area contributed by atoms with Crippen LogP contribution in [0.3, 0.4) is 0 Å². The summed E-state index contributed by atoms with van der Waals surface area (Å²) in [6, 6.07) is 1.09. The van der Waals surface area contributed by atoms with Crippen molar-refractivity contribution in [2.24, 2.45) is 0 Å². The van der Waals surface area contributed by atoms with Crippen molar-refractivity contribution in [3.63, 3.8) is 0 Å². The van der Waals surface area contributed by atoms with Gasteiger partial charge in [-0.1, -0.05) is 11.6 Å². The number of nitrogens with two attached hydrogens (primary N) is 1. The van der Waals surface area contributed by atoms with Gasteiger partial charge in [-0.15, -0.1) is 0 Å². The third kappa shape index (κ3) is 1.67. The van der Waals surface area contributed by atoms with Crippen molar-refractivity contribution >= 4 is 29.0 Å². The Morgan fingerprint density at radius 2 is 2.38 bits per heavy atom. The minimum Gasteiger partial charge on any atom is -0.481 e. The van der Waals surface area contributed by atoms with Crippen molar-refractivity contribution in [3.8, 4) is 0 Å². The maximum Gasteiger partial charge on any atom is 0.309 e. The van der Waals surface area contributed by atoms with Crippen LogP contribution >= 0.6 is 11.6 Å². The predicted octanol–water partition coefficient (Wildman–Crippen LogP) is 1.34. The predicted molar refractivity (Wildman–Crippen MR) is 55.9 cm³/mol. The first-order valence-electron chi connectivity index (χ1n) is 4.32. The maximum atomic E-state index is 13.0. The zero-order chi connectivity index (χ0) is 11.9. The fraction of sp³-hybridized carbons (Fsp3) is 0.111. The van der Waals surface area contributed by atoms with E-state index >= 15 is 0 Å². The molecule has 0 aliphatic rings. The number of nitrogens with zero attached hydrogens (tertiary/aromatic N) is 2. The zero-order valence-electron chi connectivity index (χ0n) is 7.94. The molecule has 7 heteroatoms. The molecule has 0 aliphatic heterocycles. The first-order chi connectivity index (χ1) is 7.49. The summed E-state index contributed by atoms with van der Waals surface area (Å²) < 4.78 is 14.3. The molecule has 16 heavy (non-hydrogen) atoms. The molecule has 0 radical (unpaired) electrons. The van der Waals surface area contributed by atoms with Gasteiger partial charge >= 0.3 is 5.97 Å². The number of hydrogen-bond acceptors (Lipinski definition) is 3. The van der Waals surface area contributed by atoms with Gasteiger partial charge in [-0.25, -0.2) is 9.37 Å². The quantitative estimate of drug-likeness (QED) is 0.834. The lowest BCUT2D eigenvalue weighted by Crippen LogP contribution is -2.04. The number of fused-ring (bicyclic) bond motifs is 1. The number of rotatable bonds is 2. The summed E-state index contributed by atoms with van der Waals surface area (Å²) in [6.07, 6.45) is 0.778. The average Bonchev–Trinajstić information content (AvgIpc) is 2.45. The molecule has 0 amide bonds. The van der Waals surface area contributed by atoms with Crippen LogP contribution in [0.15, 0.2) is 12.3 Å². The smallest absolute Gasteiger partial charge is 0.309 e. The number of hydrogen-bond donors (Lipinski definition) is 2. The van der Waals surface area contributed by atoms with Gasteiger partial charge in [-0.2, -0.15) is 0 Å². The number of aromatic nitrogens is 2. The van der Waals surface area contributed by atoms with E-state index in [-0.39, 0.29) is 28.6 Å². The van der Waals surface area contributed by atoms with E-state index in [4.69, 9.17) is 22.4 Å². The highest BCUT2D eigenvalue weighted by molar-refractivity contribution is 6.33. The summed E-state index contributed by atoms with van der Waals surface area (Å²) in [4.78, 5) is 14.5. The van der Waals surface area contributed by atoms with E-state index in [0.717, 1.165) is 12.3 Å². The Kier molecular flexibility index (Phi) is 2.43.